The van der Waals surface area contributed by atoms with Crippen molar-refractivity contribution in [3.63, 3.8) is 0 Å². The van der Waals surface area contributed by atoms with Crippen LogP contribution < -0.4 is 14.8 Å². The van der Waals surface area contributed by atoms with Crippen LogP contribution in [0.5, 0.6) is 11.5 Å². The quantitative estimate of drug-likeness (QED) is 0.480. The van der Waals surface area contributed by atoms with Crippen LogP contribution in [0.25, 0.3) is 0 Å². The van der Waals surface area contributed by atoms with Gasteiger partial charge in [0.05, 0.1) is 22.2 Å². The minimum Gasteiger partial charge on any atom is -0.491 e. The Hall–Kier alpha value is -2.40. The van der Waals surface area contributed by atoms with Gasteiger partial charge in [0.2, 0.25) is 0 Å². The fourth-order valence-electron chi connectivity index (χ4n) is 2.52. The van der Waals surface area contributed by atoms with Gasteiger partial charge in [0.15, 0.2) is 11.5 Å². The molecule has 1 N–H and O–H groups in total. The van der Waals surface area contributed by atoms with Crippen LogP contribution in [0.4, 0.5) is 5.69 Å². The van der Waals surface area contributed by atoms with E-state index in [4.69, 9.17) is 44.3 Å². The zero-order valence-corrected chi connectivity index (χ0v) is 17.1. The summed E-state index contributed by atoms with van der Waals surface area (Å²) in [5.74, 6) is 0.370. The molecular weight excluding hydrogens is 421 g/mol. The van der Waals surface area contributed by atoms with Gasteiger partial charge >= 0.3 is 0 Å². The number of benzene rings is 3. The van der Waals surface area contributed by atoms with Crippen LogP contribution in [0, 0.1) is 0 Å². The van der Waals surface area contributed by atoms with Crippen molar-refractivity contribution in [3.05, 3.63) is 86.9 Å². The molecule has 0 saturated heterocycles. The lowest BCUT2D eigenvalue weighted by molar-refractivity contribution is 0.102. The summed E-state index contributed by atoms with van der Waals surface area (Å²) in [6.07, 6.45) is 0. The molecule has 144 valence electrons. The molecule has 0 bridgehead atoms. The largest absolute Gasteiger partial charge is 0.491 e. The smallest absolute Gasteiger partial charge is 0.255 e. The molecule has 28 heavy (non-hydrogen) atoms. The van der Waals surface area contributed by atoms with E-state index in [1.807, 2.05) is 30.3 Å². The molecule has 0 aliphatic heterocycles. The number of rotatable bonds is 6. The van der Waals surface area contributed by atoms with Crippen LogP contribution in [0.2, 0.25) is 15.1 Å². The monoisotopic (exact) mass is 435 g/mol. The van der Waals surface area contributed by atoms with Gasteiger partial charge in [-0.1, -0.05) is 65.1 Å². The maximum absolute atomic E-state index is 12.6. The van der Waals surface area contributed by atoms with Gasteiger partial charge in [-0.05, 0) is 35.9 Å². The number of carbonyl (C=O) groups excluding carboxylic acids is 1. The molecular formula is C21H16Cl3NO3. The van der Waals surface area contributed by atoms with E-state index in [9.17, 15) is 4.79 Å². The molecule has 0 radical (unpaired) electrons. The molecule has 0 atom stereocenters. The van der Waals surface area contributed by atoms with Gasteiger partial charge in [0.25, 0.3) is 5.91 Å². The van der Waals surface area contributed by atoms with E-state index in [1.165, 1.54) is 13.2 Å². The van der Waals surface area contributed by atoms with Crippen molar-refractivity contribution in [1.82, 2.24) is 0 Å². The van der Waals surface area contributed by atoms with E-state index in [0.717, 1.165) is 5.56 Å². The van der Waals surface area contributed by atoms with Crippen molar-refractivity contribution < 1.29 is 14.3 Å². The number of anilines is 1. The first-order valence-corrected chi connectivity index (χ1v) is 9.42. The summed E-state index contributed by atoms with van der Waals surface area (Å²) in [4.78, 5) is 12.6. The van der Waals surface area contributed by atoms with Crippen LogP contribution in [-0.4, -0.2) is 13.0 Å². The van der Waals surface area contributed by atoms with Crippen LogP contribution in [-0.2, 0) is 6.61 Å². The molecule has 0 aliphatic rings. The maximum Gasteiger partial charge on any atom is 0.255 e. The molecule has 0 unspecified atom stereocenters. The summed E-state index contributed by atoms with van der Waals surface area (Å²) >= 11 is 18.2. The number of ether oxygens (including phenoxy) is 2. The Bertz CT molecular complexity index is 994. The first-order chi connectivity index (χ1) is 13.5. The van der Waals surface area contributed by atoms with E-state index < -0.39 is 0 Å². The third kappa shape index (κ3) is 4.90. The number of nitrogens with one attached hydrogen (secondary N) is 1. The standard InChI is InChI=1S/C21H16Cl3NO3/c1-27-20-18(24)9-14(10-19(20)28-12-13-5-3-2-4-6-13)21(26)25-15-7-8-16(22)17(23)11-15/h2-11H,12H2,1H3,(H,25,26). The Morgan fingerprint density at radius 2 is 1.68 bits per heavy atom. The van der Waals surface area contributed by atoms with Crippen molar-refractivity contribution in [2.24, 2.45) is 0 Å². The van der Waals surface area contributed by atoms with Crippen molar-refractivity contribution in [3.8, 4) is 11.5 Å². The Morgan fingerprint density at radius 1 is 0.929 bits per heavy atom. The zero-order valence-electron chi connectivity index (χ0n) is 14.8. The summed E-state index contributed by atoms with van der Waals surface area (Å²) in [7, 11) is 1.49. The molecule has 0 heterocycles. The van der Waals surface area contributed by atoms with Gasteiger partial charge in [0, 0.05) is 11.3 Å². The van der Waals surface area contributed by atoms with Gasteiger partial charge in [-0.15, -0.1) is 0 Å². The van der Waals surface area contributed by atoms with Crippen LogP contribution in [0.15, 0.2) is 60.7 Å². The highest BCUT2D eigenvalue weighted by atomic mass is 35.5. The molecule has 4 nitrogen and oxygen atoms in total. The molecule has 7 heteroatoms. The zero-order chi connectivity index (χ0) is 20.1. The second-order valence-electron chi connectivity index (χ2n) is 5.85. The van der Waals surface area contributed by atoms with Crippen LogP contribution >= 0.6 is 34.8 Å². The third-order valence-corrected chi connectivity index (χ3v) is 4.91. The fraction of sp³-hybridized carbons (Fsp3) is 0.0952. The van der Waals surface area contributed by atoms with Gasteiger partial charge in [-0.3, -0.25) is 4.79 Å². The molecule has 3 rings (SSSR count). The van der Waals surface area contributed by atoms with E-state index in [0.29, 0.717) is 39.4 Å². The van der Waals surface area contributed by atoms with E-state index >= 15 is 0 Å². The highest BCUT2D eigenvalue weighted by molar-refractivity contribution is 6.42. The van der Waals surface area contributed by atoms with Crippen LogP contribution in [0.1, 0.15) is 15.9 Å². The highest BCUT2D eigenvalue weighted by Crippen LogP contribution is 2.37. The molecule has 0 aromatic heterocycles. The molecule has 1 amide bonds. The van der Waals surface area contributed by atoms with Crippen molar-refractivity contribution in [1.29, 1.82) is 0 Å². The predicted octanol–water partition coefficient (Wildman–Crippen LogP) is 6.49. The van der Waals surface area contributed by atoms with E-state index in [2.05, 4.69) is 5.32 Å². The first kappa shape index (κ1) is 20.3. The predicted molar refractivity (Wildman–Crippen MR) is 113 cm³/mol. The Morgan fingerprint density at radius 3 is 2.36 bits per heavy atom. The average Bonchev–Trinajstić information content (AvgIpc) is 2.69. The molecule has 3 aromatic rings. The highest BCUT2D eigenvalue weighted by Gasteiger charge is 2.16. The maximum atomic E-state index is 12.6. The summed E-state index contributed by atoms with van der Waals surface area (Å²) in [5.41, 5.74) is 1.81. The number of halogens is 3. The van der Waals surface area contributed by atoms with E-state index in [1.54, 1.807) is 24.3 Å². The number of hydrogen-bond acceptors (Lipinski definition) is 3. The van der Waals surface area contributed by atoms with Crippen molar-refractivity contribution in [2.45, 2.75) is 6.61 Å². The first-order valence-electron chi connectivity index (χ1n) is 8.28. The second kappa shape index (κ2) is 9.20. The number of amides is 1. The van der Waals surface area contributed by atoms with Gasteiger partial charge < -0.3 is 14.8 Å². The van der Waals surface area contributed by atoms with Gasteiger partial charge in [-0.25, -0.2) is 0 Å². The summed E-state index contributed by atoms with van der Waals surface area (Å²) in [5, 5.41) is 3.78. The summed E-state index contributed by atoms with van der Waals surface area (Å²) < 4.78 is 11.2. The lowest BCUT2D eigenvalue weighted by Crippen LogP contribution is -2.12. The van der Waals surface area contributed by atoms with Gasteiger partial charge in [0.1, 0.15) is 6.61 Å². The number of hydrogen-bond donors (Lipinski definition) is 1. The van der Waals surface area contributed by atoms with E-state index in [-0.39, 0.29) is 10.9 Å². The Kier molecular flexibility index (Phi) is 6.68. The summed E-state index contributed by atoms with van der Waals surface area (Å²) in [6.45, 7) is 0.311. The molecule has 3 aromatic carbocycles. The minimum absolute atomic E-state index is 0.271. The number of carbonyl (C=O) groups is 1. The number of methoxy groups -OCH3 is 1. The van der Waals surface area contributed by atoms with Crippen LogP contribution in [0.3, 0.4) is 0 Å². The minimum atomic E-state index is -0.368. The van der Waals surface area contributed by atoms with Gasteiger partial charge in [-0.2, -0.15) is 0 Å². The SMILES string of the molecule is COc1c(Cl)cc(C(=O)Nc2ccc(Cl)c(Cl)c2)cc1OCc1ccccc1. The lowest BCUT2D eigenvalue weighted by Gasteiger charge is -2.14. The lowest BCUT2D eigenvalue weighted by atomic mass is 10.1. The molecule has 0 fully saturated rings. The van der Waals surface area contributed by atoms with Crippen molar-refractivity contribution in [2.75, 3.05) is 12.4 Å². The second-order valence-corrected chi connectivity index (χ2v) is 7.07. The summed E-state index contributed by atoms with van der Waals surface area (Å²) in [6, 6.07) is 17.6. The Balaban J connectivity index is 1.83. The topological polar surface area (TPSA) is 47.6 Å². The fourth-order valence-corrected chi connectivity index (χ4v) is 3.10. The third-order valence-electron chi connectivity index (χ3n) is 3.89. The Labute approximate surface area is 177 Å². The molecule has 0 saturated carbocycles. The van der Waals surface area contributed by atoms with Crippen molar-refractivity contribution >= 4 is 46.4 Å². The molecule has 0 spiro atoms. The average molecular weight is 437 g/mol. The molecule has 0 aliphatic carbocycles. The normalized spacial score (nSPS) is 10.4.